The molecule has 0 amide bonds. The topological polar surface area (TPSA) is 98.9 Å². The zero-order valence-electron chi connectivity index (χ0n) is 13.6. The van der Waals surface area contributed by atoms with Crippen molar-refractivity contribution in [3.8, 4) is 22.9 Å². The Morgan fingerprint density at radius 3 is 2.83 bits per heavy atom. The minimum Gasteiger partial charge on any atom is -0.493 e. The van der Waals surface area contributed by atoms with Crippen LogP contribution in [0.3, 0.4) is 0 Å². The fraction of sp³-hybridized carbons (Fsp3) is 0.235. The van der Waals surface area contributed by atoms with E-state index in [0.29, 0.717) is 29.8 Å². The maximum Gasteiger partial charge on any atom is 0.182 e. The first kappa shape index (κ1) is 15.9. The van der Waals surface area contributed by atoms with Gasteiger partial charge >= 0.3 is 0 Å². The molecule has 3 aromatic rings. The Morgan fingerprint density at radius 1 is 1.25 bits per heavy atom. The average molecular weight is 325 g/mol. The van der Waals surface area contributed by atoms with E-state index in [1.807, 2.05) is 37.3 Å². The predicted octanol–water partition coefficient (Wildman–Crippen LogP) is 2.32. The Hall–Kier alpha value is -2.93. The number of aromatic amines is 1. The largest absolute Gasteiger partial charge is 0.493 e. The van der Waals surface area contributed by atoms with Gasteiger partial charge in [-0.25, -0.2) is 4.98 Å². The average Bonchev–Trinajstić information content (AvgIpc) is 3.12. The summed E-state index contributed by atoms with van der Waals surface area (Å²) in [7, 11) is 1.61. The lowest BCUT2D eigenvalue weighted by Crippen LogP contribution is -2.14. The quantitative estimate of drug-likeness (QED) is 0.721. The summed E-state index contributed by atoms with van der Waals surface area (Å²) in [5.41, 5.74) is 8.00. The molecule has 0 spiro atoms. The Morgan fingerprint density at radius 2 is 2.12 bits per heavy atom. The molecule has 2 heterocycles. The van der Waals surface area contributed by atoms with Crippen LogP contribution in [0.2, 0.25) is 0 Å². The Balaban J connectivity index is 1.88. The van der Waals surface area contributed by atoms with Crippen molar-refractivity contribution in [2.45, 2.75) is 13.0 Å². The van der Waals surface area contributed by atoms with Gasteiger partial charge in [0, 0.05) is 18.0 Å². The van der Waals surface area contributed by atoms with Gasteiger partial charge in [0.1, 0.15) is 5.82 Å². The number of H-pyrrole nitrogens is 1. The highest BCUT2D eigenvalue weighted by molar-refractivity contribution is 5.52. The summed E-state index contributed by atoms with van der Waals surface area (Å²) in [6.07, 6.45) is 3.41. The lowest BCUT2D eigenvalue weighted by Gasteiger charge is -2.14. The number of nitrogens with two attached hydrogens (primary N) is 1. The number of nitrogens with zero attached hydrogens (tertiary/aromatic N) is 3. The molecule has 1 aromatic carbocycles. The molecule has 0 fully saturated rings. The molecule has 7 heteroatoms. The van der Waals surface area contributed by atoms with Crippen LogP contribution in [-0.4, -0.2) is 33.9 Å². The Bertz CT molecular complexity index is 804. The summed E-state index contributed by atoms with van der Waals surface area (Å²) in [6.45, 7) is 2.46. The first-order chi connectivity index (χ1) is 11.7. The van der Waals surface area contributed by atoms with Gasteiger partial charge in [0.05, 0.1) is 19.8 Å². The van der Waals surface area contributed by atoms with Crippen LogP contribution in [-0.2, 0) is 0 Å². The van der Waals surface area contributed by atoms with Gasteiger partial charge in [0.25, 0.3) is 0 Å². The van der Waals surface area contributed by atoms with Crippen LogP contribution in [0.4, 0.5) is 0 Å². The van der Waals surface area contributed by atoms with Gasteiger partial charge in [-0.1, -0.05) is 6.07 Å². The molecule has 0 aliphatic heterocycles. The minimum atomic E-state index is -0.451. The second-order valence-corrected chi connectivity index (χ2v) is 5.11. The van der Waals surface area contributed by atoms with Crippen LogP contribution in [0.15, 0.2) is 42.7 Å². The summed E-state index contributed by atoms with van der Waals surface area (Å²) >= 11 is 0. The monoisotopic (exact) mass is 325 g/mol. The fourth-order valence-electron chi connectivity index (χ4n) is 2.35. The highest BCUT2D eigenvalue weighted by Gasteiger charge is 2.17. The number of methoxy groups -OCH3 is 1. The van der Waals surface area contributed by atoms with Crippen molar-refractivity contribution in [2.24, 2.45) is 5.73 Å². The van der Waals surface area contributed by atoms with Crippen LogP contribution < -0.4 is 15.2 Å². The molecular formula is C17H19N5O2. The van der Waals surface area contributed by atoms with Crippen LogP contribution >= 0.6 is 0 Å². The van der Waals surface area contributed by atoms with Crippen molar-refractivity contribution in [1.82, 2.24) is 20.2 Å². The number of hydrogen-bond acceptors (Lipinski definition) is 6. The molecule has 0 bridgehead atoms. The van der Waals surface area contributed by atoms with E-state index in [-0.39, 0.29) is 0 Å². The van der Waals surface area contributed by atoms with Gasteiger partial charge in [0.15, 0.2) is 17.3 Å². The molecule has 124 valence electrons. The first-order valence-corrected chi connectivity index (χ1v) is 7.62. The first-order valence-electron chi connectivity index (χ1n) is 7.62. The number of benzene rings is 1. The van der Waals surface area contributed by atoms with E-state index in [4.69, 9.17) is 15.2 Å². The van der Waals surface area contributed by atoms with Gasteiger partial charge in [-0.15, -0.1) is 0 Å². The molecule has 2 aromatic heterocycles. The van der Waals surface area contributed by atoms with Crippen molar-refractivity contribution in [2.75, 3.05) is 13.7 Å². The predicted molar refractivity (Wildman–Crippen MR) is 89.8 cm³/mol. The molecule has 0 aliphatic carbocycles. The molecule has 24 heavy (non-hydrogen) atoms. The van der Waals surface area contributed by atoms with Crippen LogP contribution in [0.25, 0.3) is 11.4 Å². The number of rotatable bonds is 6. The van der Waals surface area contributed by atoms with E-state index < -0.39 is 6.04 Å². The van der Waals surface area contributed by atoms with E-state index >= 15 is 0 Å². The maximum atomic E-state index is 6.32. The number of nitrogens with one attached hydrogen (secondary N) is 1. The number of hydrogen-bond donors (Lipinski definition) is 2. The van der Waals surface area contributed by atoms with Gasteiger partial charge in [-0.2, -0.15) is 5.10 Å². The lowest BCUT2D eigenvalue weighted by molar-refractivity contribution is 0.310. The fourth-order valence-corrected chi connectivity index (χ4v) is 2.35. The second-order valence-electron chi connectivity index (χ2n) is 5.11. The van der Waals surface area contributed by atoms with Crippen LogP contribution in [0.5, 0.6) is 11.5 Å². The Kier molecular flexibility index (Phi) is 4.72. The molecule has 0 saturated carbocycles. The van der Waals surface area contributed by atoms with E-state index in [1.165, 1.54) is 0 Å². The summed E-state index contributed by atoms with van der Waals surface area (Å²) in [5.74, 6) is 2.45. The normalized spacial score (nSPS) is 12.0. The van der Waals surface area contributed by atoms with Gasteiger partial charge in [0.2, 0.25) is 0 Å². The number of pyridine rings is 1. The summed E-state index contributed by atoms with van der Waals surface area (Å²) in [4.78, 5) is 8.54. The van der Waals surface area contributed by atoms with Crippen molar-refractivity contribution < 1.29 is 9.47 Å². The lowest BCUT2D eigenvalue weighted by atomic mass is 10.1. The second kappa shape index (κ2) is 7.10. The van der Waals surface area contributed by atoms with E-state index in [2.05, 4.69) is 20.2 Å². The van der Waals surface area contributed by atoms with E-state index in [0.717, 1.165) is 11.1 Å². The molecular weight excluding hydrogens is 306 g/mol. The summed E-state index contributed by atoms with van der Waals surface area (Å²) in [6, 6.07) is 8.86. The van der Waals surface area contributed by atoms with Crippen molar-refractivity contribution in [1.29, 1.82) is 0 Å². The molecule has 1 unspecified atom stereocenters. The number of ether oxygens (including phenoxy) is 2. The molecule has 0 radical (unpaired) electrons. The van der Waals surface area contributed by atoms with Crippen LogP contribution in [0.1, 0.15) is 24.4 Å². The van der Waals surface area contributed by atoms with Crippen molar-refractivity contribution in [3.05, 3.63) is 54.1 Å². The van der Waals surface area contributed by atoms with E-state index in [9.17, 15) is 0 Å². The molecule has 1 atom stereocenters. The summed E-state index contributed by atoms with van der Waals surface area (Å²) in [5, 5.41) is 7.11. The molecule has 3 rings (SSSR count). The molecule has 0 saturated heterocycles. The third kappa shape index (κ3) is 3.21. The van der Waals surface area contributed by atoms with Gasteiger partial charge < -0.3 is 15.2 Å². The molecule has 7 nitrogen and oxygen atoms in total. The minimum absolute atomic E-state index is 0.451. The van der Waals surface area contributed by atoms with Gasteiger partial charge in [-0.3, -0.25) is 10.1 Å². The van der Waals surface area contributed by atoms with Gasteiger partial charge in [-0.05, 0) is 36.8 Å². The highest BCUT2D eigenvalue weighted by Crippen LogP contribution is 2.31. The van der Waals surface area contributed by atoms with Crippen molar-refractivity contribution >= 4 is 0 Å². The Labute approximate surface area is 139 Å². The third-order valence-electron chi connectivity index (χ3n) is 3.56. The standard InChI is InChI=1S/C17H19N5O2/c1-3-24-14-9-11(6-7-13(14)23-2)15(18)17-20-16(21-22-17)12-5-4-8-19-10-12/h4-10,15H,3,18H2,1-2H3,(H,20,21,22). The number of aromatic nitrogens is 4. The highest BCUT2D eigenvalue weighted by atomic mass is 16.5. The zero-order chi connectivity index (χ0) is 16.9. The maximum absolute atomic E-state index is 6.32. The molecule has 3 N–H and O–H groups in total. The summed E-state index contributed by atoms with van der Waals surface area (Å²) < 4.78 is 10.9. The van der Waals surface area contributed by atoms with Crippen LogP contribution in [0, 0.1) is 0 Å². The SMILES string of the molecule is CCOc1cc(C(N)c2nc(-c3cccnc3)n[nH]2)ccc1OC. The molecule has 0 aliphatic rings. The third-order valence-corrected chi connectivity index (χ3v) is 3.56. The van der Waals surface area contributed by atoms with Crippen molar-refractivity contribution in [3.63, 3.8) is 0 Å². The smallest absolute Gasteiger partial charge is 0.182 e. The zero-order valence-corrected chi connectivity index (χ0v) is 13.6. The van der Waals surface area contributed by atoms with E-state index in [1.54, 1.807) is 19.5 Å².